The molecule has 0 radical (unpaired) electrons. The number of hydrogen-bond donors (Lipinski definition) is 1. The van der Waals surface area contributed by atoms with Gasteiger partial charge in [-0.25, -0.2) is 9.78 Å². The molecule has 1 amide bonds. The first kappa shape index (κ1) is 21.4. The number of cyclic esters (lactones) is 1. The van der Waals surface area contributed by atoms with Gasteiger partial charge in [0.1, 0.15) is 12.4 Å². The summed E-state index contributed by atoms with van der Waals surface area (Å²) in [7, 11) is 2.17. The molecule has 2 aliphatic heterocycles. The summed E-state index contributed by atoms with van der Waals surface area (Å²) >= 11 is 0. The van der Waals surface area contributed by atoms with Crippen molar-refractivity contribution in [3.05, 3.63) is 42.1 Å². The average molecular weight is 425 g/mol. The lowest BCUT2D eigenvalue weighted by molar-refractivity contribution is 0.177. The summed E-state index contributed by atoms with van der Waals surface area (Å²) in [6.07, 6.45) is 1.33. The summed E-state index contributed by atoms with van der Waals surface area (Å²) in [4.78, 5) is 27.6. The van der Waals surface area contributed by atoms with Gasteiger partial charge in [0.25, 0.3) is 0 Å². The van der Waals surface area contributed by atoms with E-state index in [0.29, 0.717) is 18.4 Å². The number of aromatic nitrogens is 2. The zero-order chi connectivity index (χ0) is 22.0. The van der Waals surface area contributed by atoms with Gasteiger partial charge in [0, 0.05) is 38.1 Å². The molecule has 0 saturated carbocycles. The van der Waals surface area contributed by atoms with Crippen molar-refractivity contribution in [3.63, 3.8) is 0 Å². The maximum atomic E-state index is 12.2. The van der Waals surface area contributed by atoms with Crippen LogP contribution in [0.4, 0.5) is 22.2 Å². The minimum atomic E-state index is -0.351. The van der Waals surface area contributed by atoms with Crippen LogP contribution in [0.5, 0.6) is 0 Å². The molecule has 0 aliphatic carbocycles. The molecule has 1 aromatic heterocycles. The number of rotatable bonds is 6. The molecule has 2 saturated heterocycles. The Morgan fingerprint density at radius 1 is 1.06 bits per heavy atom. The Morgan fingerprint density at radius 3 is 2.45 bits per heavy atom. The summed E-state index contributed by atoms with van der Waals surface area (Å²) in [5, 5.41) is 3.36. The van der Waals surface area contributed by atoms with Gasteiger partial charge in [-0.2, -0.15) is 4.98 Å². The molecule has 1 N–H and O–H groups in total. The van der Waals surface area contributed by atoms with E-state index < -0.39 is 0 Å². The third kappa shape index (κ3) is 4.74. The standard InChI is InChI=1S/C23H32N6O2/c1-16(2)20-15-31-23(30)29(20)21-9-10-24-22(26-21)25-17(3)18-5-7-19(8-6-18)28-13-11-27(4)12-14-28/h5-10,16-17,20H,11-15H2,1-4H3,(H,24,25,26). The fourth-order valence-electron chi connectivity index (χ4n) is 4.06. The van der Waals surface area contributed by atoms with Crippen molar-refractivity contribution in [3.8, 4) is 0 Å². The third-order valence-electron chi connectivity index (χ3n) is 6.17. The van der Waals surface area contributed by atoms with Gasteiger partial charge in [-0.1, -0.05) is 26.0 Å². The van der Waals surface area contributed by atoms with Gasteiger partial charge in [0.2, 0.25) is 5.95 Å². The van der Waals surface area contributed by atoms with E-state index in [9.17, 15) is 4.79 Å². The quantitative estimate of drug-likeness (QED) is 0.762. The summed E-state index contributed by atoms with van der Waals surface area (Å²) < 4.78 is 5.25. The molecule has 0 bridgehead atoms. The number of nitrogens with zero attached hydrogens (tertiary/aromatic N) is 5. The largest absolute Gasteiger partial charge is 0.447 e. The van der Waals surface area contributed by atoms with Crippen LogP contribution >= 0.6 is 0 Å². The molecule has 2 aromatic rings. The van der Waals surface area contributed by atoms with Crippen LogP contribution in [0.1, 0.15) is 32.4 Å². The molecule has 1 aromatic carbocycles. The first-order valence-electron chi connectivity index (χ1n) is 11.0. The van der Waals surface area contributed by atoms with Gasteiger partial charge in [0.15, 0.2) is 0 Å². The molecule has 2 aliphatic rings. The van der Waals surface area contributed by atoms with Crippen molar-refractivity contribution < 1.29 is 9.53 Å². The van der Waals surface area contributed by atoms with Crippen LogP contribution in [0, 0.1) is 5.92 Å². The normalized spacial score (nSPS) is 20.8. The molecule has 8 heteroatoms. The van der Waals surface area contributed by atoms with E-state index in [2.05, 4.69) is 77.2 Å². The van der Waals surface area contributed by atoms with Gasteiger partial charge in [0.05, 0.1) is 12.1 Å². The molecule has 2 atom stereocenters. The smallest absolute Gasteiger partial charge is 0.415 e. The molecule has 3 heterocycles. The maximum absolute atomic E-state index is 12.2. The Labute approximate surface area is 184 Å². The Kier molecular flexibility index (Phi) is 6.27. The highest BCUT2D eigenvalue weighted by Crippen LogP contribution is 2.27. The number of amides is 1. The van der Waals surface area contributed by atoms with Gasteiger partial charge >= 0.3 is 6.09 Å². The van der Waals surface area contributed by atoms with E-state index >= 15 is 0 Å². The van der Waals surface area contributed by atoms with Gasteiger partial charge in [-0.05, 0) is 43.7 Å². The Morgan fingerprint density at radius 2 is 1.77 bits per heavy atom. The summed E-state index contributed by atoms with van der Waals surface area (Å²) in [6, 6.07) is 10.4. The first-order valence-corrected chi connectivity index (χ1v) is 11.0. The minimum Gasteiger partial charge on any atom is -0.447 e. The van der Waals surface area contributed by atoms with Gasteiger partial charge < -0.3 is 19.9 Å². The SMILES string of the molecule is CC(Nc1nccc(N2C(=O)OCC2C(C)C)n1)c1ccc(N2CCN(C)CC2)cc1. The fourth-order valence-corrected chi connectivity index (χ4v) is 4.06. The second-order valence-corrected chi connectivity index (χ2v) is 8.74. The van der Waals surface area contributed by atoms with Crippen molar-refractivity contribution in [1.82, 2.24) is 14.9 Å². The maximum Gasteiger partial charge on any atom is 0.415 e. The Hall–Kier alpha value is -2.87. The number of anilines is 3. The Bertz CT molecular complexity index is 895. The highest BCUT2D eigenvalue weighted by Gasteiger charge is 2.37. The van der Waals surface area contributed by atoms with Crippen molar-refractivity contribution in [2.45, 2.75) is 32.9 Å². The number of piperazine rings is 1. The molecular formula is C23H32N6O2. The first-order chi connectivity index (χ1) is 14.9. The molecule has 166 valence electrons. The topological polar surface area (TPSA) is 73.8 Å². The van der Waals surface area contributed by atoms with E-state index in [4.69, 9.17) is 4.74 Å². The molecule has 4 rings (SSSR count). The van der Waals surface area contributed by atoms with Gasteiger partial charge in [-0.3, -0.25) is 4.90 Å². The van der Waals surface area contributed by atoms with E-state index in [1.165, 1.54) is 5.69 Å². The second-order valence-electron chi connectivity index (χ2n) is 8.74. The number of carbonyl (C=O) groups excluding carboxylic acids is 1. The molecule has 2 fully saturated rings. The van der Waals surface area contributed by atoms with Crippen LogP contribution in [-0.2, 0) is 4.74 Å². The third-order valence-corrected chi connectivity index (χ3v) is 6.17. The van der Waals surface area contributed by atoms with Gasteiger partial charge in [-0.15, -0.1) is 0 Å². The Balaban J connectivity index is 1.43. The van der Waals surface area contributed by atoms with Crippen LogP contribution in [0.15, 0.2) is 36.5 Å². The van der Waals surface area contributed by atoms with Crippen LogP contribution in [0.3, 0.4) is 0 Å². The number of benzene rings is 1. The number of ether oxygens (including phenoxy) is 1. The van der Waals surface area contributed by atoms with E-state index in [0.717, 1.165) is 31.7 Å². The van der Waals surface area contributed by atoms with Crippen molar-refractivity contribution in [2.24, 2.45) is 5.92 Å². The number of likely N-dealkylation sites (N-methyl/N-ethyl adjacent to an activating group) is 1. The number of hydrogen-bond acceptors (Lipinski definition) is 7. The number of carbonyl (C=O) groups is 1. The predicted octanol–water partition coefficient (Wildman–Crippen LogP) is 3.38. The van der Waals surface area contributed by atoms with Crippen LogP contribution < -0.4 is 15.1 Å². The number of nitrogens with one attached hydrogen (secondary N) is 1. The molecule has 0 spiro atoms. The lowest BCUT2D eigenvalue weighted by Crippen LogP contribution is -2.44. The van der Waals surface area contributed by atoms with E-state index in [-0.39, 0.29) is 24.1 Å². The van der Waals surface area contributed by atoms with E-state index in [1.807, 2.05) is 0 Å². The second kappa shape index (κ2) is 9.09. The minimum absolute atomic E-state index is 0.0187. The fraction of sp³-hybridized carbons (Fsp3) is 0.522. The van der Waals surface area contributed by atoms with Crippen molar-refractivity contribution in [2.75, 3.05) is 55.0 Å². The molecular weight excluding hydrogens is 392 g/mol. The van der Waals surface area contributed by atoms with Crippen LogP contribution in [0.2, 0.25) is 0 Å². The molecule has 8 nitrogen and oxygen atoms in total. The van der Waals surface area contributed by atoms with Crippen LogP contribution in [0.25, 0.3) is 0 Å². The summed E-state index contributed by atoms with van der Waals surface area (Å²) in [5.74, 6) is 1.34. The zero-order valence-corrected chi connectivity index (χ0v) is 18.8. The molecule has 2 unspecified atom stereocenters. The zero-order valence-electron chi connectivity index (χ0n) is 18.8. The van der Waals surface area contributed by atoms with Crippen molar-refractivity contribution in [1.29, 1.82) is 0 Å². The predicted molar refractivity (Wildman–Crippen MR) is 123 cm³/mol. The summed E-state index contributed by atoms with van der Waals surface area (Å²) in [5.41, 5.74) is 2.42. The highest BCUT2D eigenvalue weighted by atomic mass is 16.6. The summed E-state index contributed by atoms with van der Waals surface area (Å²) in [6.45, 7) is 10.9. The van der Waals surface area contributed by atoms with E-state index in [1.54, 1.807) is 17.2 Å². The lowest BCUT2D eigenvalue weighted by Gasteiger charge is -2.34. The highest BCUT2D eigenvalue weighted by molar-refractivity contribution is 5.89. The average Bonchev–Trinajstić information content (AvgIpc) is 3.16. The lowest BCUT2D eigenvalue weighted by atomic mass is 10.0. The molecule has 31 heavy (non-hydrogen) atoms. The monoisotopic (exact) mass is 424 g/mol. The van der Waals surface area contributed by atoms with Crippen molar-refractivity contribution >= 4 is 23.5 Å². The van der Waals surface area contributed by atoms with Crippen LogP contribution in [-0.4, -0.2) is 66.8 Å².